The van der Waals surface area contributed by atoms with E-state index in [1.165, 1.54) is 0 Å². The van der Waals surface area contributed by atoms with Crippen LogP contribution in [0.25, 0.3) is 0 Å². The van der Waals surface area contributed by atoms with Crippen LogP contribution >= 0.6 is 15.9 Å². The molecule has 7 heteroatoms. The van der Waals surface area contributed by atoms with E-state index in [1.807, 2.05) is 6.07 Å². The lowest BCUT2D eigenvalue weighted by Gasteiger charge is -2.34. The number of hydrogen-bond acceptors (Lipinski definition) is 3. The van der Waals surface area contributed by atoms with Gasteiger partial charge in [0.15, 0.2) is 0 Å². The Morgan fingerprint density at radius 1 is 1.30 bits per heavy atom. The van der Waals surface area contributed by atoms with Crippen LogP contribution in [0.3, 0.4) is 0 Å². The van der Waals surface area contributed by atoms with Gasteiger partial charge in [-0.15, -0.1) is 0 Å². The first-order valence-electron chi connectivity index (χ1n) is 6.60. The standard InChI is InChI=1S/C13H17BrF3N3/c14-12-3-1-2-10(19-12)11(4-5-13(15,16)17)20-8-6-18-7-9-20/h1-3,11,18H,4-9H2/t11-/m1/s1. The van der Waals surface area contributed by atoms with Gasteiger partial charge in [-0.25, -0.2) is 4.98 Å². The smallest absolute Gasteiger partial charge is 0.314 e. The molecular formula is C13H17BrF3N3. The molecule has 1 atom stereocenters. The van der Waals surface area contributed by atoms with Gasteiger partial charge in [-0.1, -0.05) is 6.07 Å². The fourth-order valence-electron chi connectivity index (χ4n) is 2.42. The van der Waals surface area contributed by atoms with Crippen LogP contribution in [0.2, 0.25) is 0 Å². The van der Waals surface area contributed by atoms with Crippen molar-refractivity contribution in [1.82, 2.24) is 15.2 Å². The van der Waals surface area contributed by atoms with E-state index >= 15 is 0 Å². The third-order valence-corrected chi connectivity index (χ3v) is 3.81. The molecule has 0 radical (unpaired) electrons. The molecule has 1 saturated heterocycles. The summed E-state index contributed by atoms with van der Waals surface area (Å²) in [5.41, 5.74) is 0.700. The van der Waals surface area contributed by atoms with Gasteiger partial charge in [0.1, 0.15) is 4.60 Å². The zero-order valence-corrected chi connectivity index (χ0v) is 12.5. The van der Waals surface area contributed by atoms with E-state index < -0.39 is 12.6 Å². The second-order valence-corrected chi connectivity index (χ2v) is 5.65. The molecule has 0 amide bonds. The van der Waals surface area contributed by atoms with Gasteiger partial charge < -0.3 is 5.32 Å². The summed E-state index contributed by atoms with van der Waals surface area (Å²) >= 11 is 3.28. The number of halogens is 4. The van der Waals surface area contributed by atoms with Crippen molar-refractivity contribution in [3.63, 3.8) is 0 Å². The van der Waals surface area contributed by atoms with Crippen molar-refractivity contribution in [2.24, 2.45) is 0 Å². The molecule has 2 rings (SSSR count). The molecule has 1 N–H and O–H groups in total. The molecule has 0 bridgehead atoms. The zero-order chi connectivity index (χ0) is 14.6. The fraction of sp³-hybridized carbons (Fsp3) is 0.615. The Morgan fingerprint density at radius 2 is 2.00 bits per heavy atom. The van der Waals surface area contributed by atoms with E-state index in [4.69, 9.17) is 0 Å². The van der Waals surface area contributed by atoms with Crippen LogP contribution in [0.1, 0.15) is 24.6 Å². The third kappa shape index (κ3) is 4.71. The maximum absolute atomic E-state index is 12.5. The highest BCUT2D eigenvalue weighted by molar-refractivity contribution is 9.10. The maximum atomic E-state index is 12.5. The predicted molar refractivity (Wildman–Crippen MR) is 74.4 cm³/mol. The number of piperazine rings is 1. The average Bonchev–Trinajstić information content (AvgIpc) is 2.39. The van der Waals surface area contributed by atoms with Crippen molar-refractivity contribution >= 4 is 15.9 Å². The second kappa shape index (κ2) is 6.87. The highest BCUT2D eigenvalue weighted by atomic mass is 79.9. The number of pyridine rings is 1. The lowest BCUT2D eigenvalue weighted by atomic mass is 10.0. The van der Waals surface area contributed by atoms with Crippen LogP contribution in [0, 0.1) is 0 Å². The molecule has 0 aromatic carbocycles. The van der Waals surface area contributed by atoms with Crippen LogP contribution in [-0.2, 0) is 0 Å². The quantitative estimate of drug-likeness (QED) is 0.844. The number of nitrogens with one attached hydrogen (secondary N) is 1. The molecule has 1 aliphatic heterocycles. The van der Waals surface area contributed by atoms with Gasteiger partial charge in [0.25, 0.3) is 0 Å². The Labute approximate surface area is 124 Å². The van der Waals surface area contributed by atoms with Crippen LogP contribution < -0.4 is 5.32 Å². The summed E-state index contributed by atoms with van der Waals surface area (Å²) in [6.07, 6.45) is -4.86. The van der Waals surface area contributed by atoms with Gasteiger partial charge in [-0.05, 0) is 34.5 Å². The van der Waals surface area contributed by atoms with Crippen molar-refractivity contribution in [2.45, 2.75) is 25.1 Å². The Morgan fingerprint density at radius 3 is 2.60 bits per heavy atom. The highest BCUT2D eigenvalue weighted by Crippen LogP contribution is 2.31. The Bertz CT molecular complexity index is 433. The zero-order valence-electron chi connectivity index (χ0n) is 11.0. The molecule has 1 aliphatic rings. The van der Waals surface area contributed by atoms with Crippen molar-refractivity contribution in [1.29, 1.82) is 0 Å². The van der Waals surface area contributed by atoms with Crippen LogP contribution in [0.5, 0.6) is 0 Å². The number of nitrogens with zero attached hydrogens (tertiary/aromatic N) is 2. The molecular weight excluding hydrogens is 335 g/mol. The SMILES string of the molecule is FC(F)(F)CC[C@H](c1cccc(Br)n1)N1CCNCC1. The Balaban J connectivity index is 2.14. The normalized spacial score (nSPS) is 19.0. The van der Waals surface area contributed by atoms with E-state index in [2.05, 4.69) is 31.1 Å². The predicted octanol–water partition coefficient (Wildman–Crippen LogP) is 3.13. The minimum absolute atomic E-state index is 0.0486. The van der Waals surface area contributed by atoms with Crippen molar-refractivity contribution in [3.8, 4) is 0 Å². The van der Waals surface area contributed by atoms with Crippen molar-refractivity contribution < 1.29 is 13.2 Å². The average molecular weight is 352 g/mol. The second-order valence-electron chi connectivity index (χ2n) is 4.84. The lowest BCUT2D eigenvalue weighted by Crippen LogP contribution is -2.45. The maximum Gasteiger partial charge on any atom is 0.389 e. The Hall–Kier alpha value is -0.660. The number of hydrogen-bond donors (Lipinski definition) is 1. The van der Waals surface area contributed by atoms with Gasteiger partial charge in [0.2, 0.25) is 0 Å². The van der Waals surface area contributed by atoms with Gasteiger partial charge in [-0.2, -0.15) is 13.2 Å². The summed E-state index contributed by atoms with van der Waals surface area (Å²) in [6, 6.07) is 5.11. The van der Waals surface area contributed by atoms with Crippen molar-refractivity contribution in [2.75, 3.05) is 26.2 Å². The largest absolute Gasteiger partial charge is 0.389 e. The number of alkyl halides is 3. The molecule has 0 saturated carbocycles. The molecule has 20 heavy (non-hydrogen) atoms. The molecule has 1 aromatic heterocycles. The van der Waals surface area contributed by atoms with E-state index in [1.54, 1.807) is 12.1 Å². The molecule has 0 aliphatic carbocycles. The molecule has 3 nitrogen and oxygen atoms in total. The van der Waals surface area contributed by atoms with Crippen LogP contribution in [0.4, 0.5) is 13.2 Å². The van der Waals surface area contributed by atoms with Gasteiger partial charge >= 0.3 is 6.18 Å². The molecule has 1 fully saturated rings. The van der Waals surface area contributed by atoms with E-state index in [9.17, 15) is 13.2 Å². The van der Waals surface area contributed by atoms with E-state index in [0.717, 1.165) is 26.2 Å². The molecule has 0 unspecified atom stereocenters. The summed E-state index contributed by atoms with van der Waals surface area (Å²) in [7, 11) is 0. The van der Waals surface area contributed by atoms with Gasteiger partial charge in [-0.3, -0.25) is 4.90 Å². The third-order valence-electron chi connectivity index (χ3n) is 3.37. The minimum Gasteiger partial charge on any atom is -0.314 e. The minimum atomic E-state index is -4.13. The van der Waals surface area contributed by atoms with Crippen molar-refractivity contribution in [3.05, 3.63) is 28.5 Å². The van der Waals surface area contributed by atoms with E-state index in [0.29, 0.717) is 10.3 Å². The van der Waals surface area contributed by atoms with Gasteiger partial charge in [0, 0.05) is 32.6 Å². The summed E-state index contributed by atoms with van der Waals surface area (Å²) in [5.74, 6) is 0. The summed E-state index contributed by atoms with van der Waals surface area (Å²) in [5, 5.41) is 3.21. The molecule has 2 heterocycles. The number of rotatable bonds is 4. The fourth-order valence-corrected chi connectivity index (χ4v) is 2.78. The van der Waals surface area contributed by atoms with Gasteiger partial charge in [0.05, 0.1) is 11.7 Å². The molecule has 112 valence electrons. The monoisotopic (exact) mass is 351 g/mol. The van der Waals surface area contributed by atoms with Crippen LogP contribution in [-0.4, -0.2) is 42.2 Å². The summed E-state index contributed by atoms with van der Waals surface area (Å²) in [4.78, 5) is 6.42. The first-order chi connectivity index (χ1) is 9.46. The summed E-state index contributed by atoms with van der Waals surface area (Å²) in [6.45, 7) is 3.10. The topological polar surface area (TPSA) is 28.2 Å². The van der Waals surface area contributed by atoms with E-state index in [-0.39, 0.29) is 12.5 Å². The summed E-state index contributed by atoms with van der Waals surface area (Å²) < 4.78 is 38.2. The first-order valence-corrected chi connectivity index (χ1v) is 7.39. The molecule has 0 spiro atoms. The highest BCUT2D eigenvalue weighted by Gasteiger charge is 2.31. The number of aromatic nitrogens is 1. The lowest BCUT2D eigenvalue weighted by molar-refractivity contribution is -0.138. The van der Waals surface area contributed by atoms with Crippen LogP contribution in [0.15, 0.2) is 22.8 Å². The molecule has 1 aromatic rings. The first kappa shape index (κ1) is 15.7. The Kier molecular flexibility index (Phi) is 5.40.